The monoisotopic (exact) mass is 364 g/mol. The highest BCUT2D eigenvalue weighted by atomic mass is 35.5. The molecular weight excluding hydrogens is 351 g/mol. The fourth-order valence-corrected chi connectivity index (χ4v) is 2.38. The summed E-state index contributed by atoms with van der Waals surface area (Å²) in [6.07, 6.45) is -0.844. The first-order chi connectivity index (χ1) is 11.4. The van der Waals surface area contributed by atoms with Crippen LogP contribution in [0.1, 0.15) is 12.5 Å². The molecule has 24 heavy (non-hydrogen) atoms. The van der Waals surface area contributed by atoms with Gasteiger partial charge < -0.3 is 14.8 Å². The highest BCUT2D eigenvalue weighted by Crippen LogP contribution is 2.37. The molecule has 0 aliphatic heterocycles. The lowest BCUT2D eigenvalue weighted by molar-refractivity contribution is -0.122. The molecule has 0 radical (unpaired) electrons. The number of anilines is 1. The normalized spacial score (nSPS) is 11.3. The predicted octanol–water partition coefficient (Wildman–Crippen LogP) is 4.28. The highest BCUT2D eigenvalue weighted by molar-refractivity contribution is 6.32. The van der Waals surface area contributed by atoms with E-state index in [0.717, 1.165) is 0 Å². The van der Waals surface area contributed by atoms with Crippen LogP contribution in [0.25, 0.3) is 0 Å². The van der Waals surface area contributed by atoms with Crippen LogP contribution in [0.3, 0.4) is 0 Å². The summed E-state index contributed by atoms with van der Waals surface area (Å²) in [5.41, 5.74) is 0.890. The Hall–Kier alpha value is -2.42. The van der Waals surface area contributed by atoms with Gasteiger partial charge in [-0.05, 0) is 31.2 Å². The molecule has 2 aromatic rings. The Labute approximate surface area is 149 Å². The van der Waals surface area contributed by atoms with E-state index in [-0.39, 0.29) is 22.4 Å². The minimum atomic E-state index is -0.844. The van der Waals surface area contributed by atoms with E-state index < -0.39 is 6.10 Å². The van der Waals surface area contributed by atoms with Gasteiger partial charge in [-0.25, -0.2) is 0 Å². The maximum Gasteiger partial charge on any atom is 0.265 e. The Morgan fingerprint density at radius 1 is 1.29 bits per heavy atom. The molecule has 5 nitrogen and oxygen atoms in total. The molecule has 0 unspecified atom stereocenters. The summed E-state index contributed by atoms with van der Waals surface area (Å²) in [6.45, 7) is 1.58. The number of benzene rings is 2. The quantitative estimate of drug-likeness (QED) is 0.859. The summed E-state index contributed by atoms with van der Waals surface area (Å²) < 4.78 is 10.8. The molecule has 0 aliphatic rings. The van der Waals surface area contributed by atoms with Crippen LogP contribution in [-0.2, 0) is 4.79 Å². The van der Waals surface area contributed by atoms with Gasteiger partial charge in [0, 0.05) is 16.8 Å². The molecule has 0 saturated heterocycles. The van der Waals surface area contributed by atoms with E-state index in [1.54, 1.807) is 31.2 Å². The fourth-order valence-electron chi connectivity index (χ4n) is 1.94. The first-order valence-corrected chi connectivity index (χ1v) is 7.71. The van der Waals surface area contributed by atoms with Crippen molar-refractivity contribution in [2.24, 2.45) is 0 Å². The molecule has 0 heterocycles. The number of carbonyl (C=O) groups excluding carboxylic acids is 1. The largest absolute Gasteiger partial charge is 0.493 e. The van der Waals surface area contributed by atoms with Gasteiger partial charge in [0.2, 0.25) is 0 Å². The molecule has 124 valence electrons. The number of carbonyl (C=O) groups is 1. The van der Waals surface area contributed by atoms with Crippen LogP contribution >= 0.6 is 23.2 Å². The first-order valence-electron chi connectivity index (χ1n) is 6.95. The number of nitrogens with zero attached hydrogens (tertiary/aromatic N) is 1. The van der Waals surface area contributed by atoms with Gasteiger partial charge in [0.1, 0.15) is 0 Å². The zero-order chi connectivity index (χ0) is 17.7. The topological polar surface area (TPSA) is 71.3 Å². The summed E-state index contributed by atoms with van der Waals surface area (Å²) in [4.78, 5) is 12.2. The summed E-state index contributed by atoms with van der Waals surface area (Å²) in [6, 6.07) is 11.7. The van der Waals surface area contributed by atoms with E-state index in [2.05, 4.69) is 5.32 Å². The van der Waals surface area contributed by atoms with Crippen molar-refractivity contribution in [1.29, 1.82) is 5.26 Å². The van der Waals surface area contributed by atoms with Crippen molar-refractivity contribution >= 4 is 34.8 Å². The summed E-state index contributed by atoms with van der Waals surface area (Å²) in [7, 11) is 1.43. The van der Waals surface area contributed by atoms with Crippen LogP contribution in [0.5, 0.6) is 11.5 Å². The lowest BCUT2D eigenvalue weighted by Gasteiger charge is -2.18. The molecule has 1 amide bonds. The fraction of sp³-hybridized carbons (Fsp3) is 0.176. The highest BCUT2D eigenvalue weighted by Gasteiger charge is 2.20. The zero-order valence-electron chi connectivity index (χ0n) is 13.0. The second kappa shape index (κ2) is 7.91. The van der Waals surface area contributed by atoms with Crippen molar-refractivity contribution in [3.63, 3.8) is 0 Å². The molecule has 0 aliphatic carbocycles. The Kier molecular flexibility index (Phi) is 5.91. The number of hydrogen-bond donors (Lipinski definition) is 1. The van der Waals surface area contributed by atoms with Crippen molar-refractivity contribution in [1.82, 2.24) is 0 Å². The molecule has 2 rings (SSSR count). The SMILES string of the molecule is COc1cc(C#N)cc(Cl)c1O[C@H](C)C(=O)Nc1cccc(Cl)c1. The van der Waals surface area contributed by atoms with E-state index in [0.29, 0.717) is 16.3 Å². The Balaban J connectivity index is 2.16. The number of amides is 1. The molecule has 7 heteroatoms. The van der Waals surface area contributed by atoms with Crippen LogP contribution in [0, 0.1) is 11.3 Å². The number of rotatable bonds is 5. The average molecular weight is 365 g/mol. The molecule has 0 fully saturated rings. The smallest absolute Gasteiger partial charge is 0.265 e. The second-order valence-corrected chi connectivity index (χ2v) is 5.70. The van der Waals surface area contributed by atoms with Crippen molar-refractivity contribution in [2.75, 3.05) is 12.4 Å². The standard InChI is InChI=1S/C17H14Cl2N2O3/c1-10(17(22)21-13-5-3-4-12(18)8-13)24-16-14(19)6-11(9-20)7-15(16)23-2/h3-8,10H,1-2H3,(H,21,22)/t10-/m1/s1. The van der Waals surface area contributed by atoms with Gasteiger partial charge in [0.05, 0.1) is 23.8 Å². The molecule has 0 saturated carbocycles. The predicted molar refractivity (Wildman–Crippen MR) is 92.9 cm³/mol. The van der Waals surface area contributed by atoms with Crippen molar-refractivity contribution in [3.05, 3.63) is 52.0 Å². The molecule has 2 aromatic carbocycles. The van der Waals surface area contributed by atoms with E-state index >= 15 is 0 Å². The summed E-state index contributed by atoms with van der Waals surface area (Å²) >= 11 is 12.0. The molecule has 0 bridgehead atoms. The summed E-state index contributed by atoms with van der Waals surface area (Å²) in [5, 5.41) is 12.3. The van der Waals surface area contributed by atoms with Crippen LogP contribution < -0.4 is 14.8 Å². The third kappa shape index (κ3) is 4.31. The van der Waals surface area contributed by atoms with Gasteiger partial charge >= 0.3 is 0 Å². The van der Waals surface area contributed by atoms with Gasteiger partial charge in [-0.2, -0.15) is 5.26 Å². The Morgan fingerprint density at radius 3 is 2.67 bits per heavy atom. The molecular formula is C17H14Cl2N2O3. The lowest BCUT2D eigenvalue weighted by atomic mass is 10.2. The average Bonchev–Trinajstić information content (AvgIpc) is 2.56. The summed E-state index contributed by atoms with van der Waals surface area (Å²) in [5.74, 6) is 0.105. The number of halogens is 2. The van der Waals surface area contributed by atoms with E-state index in [9.17, 15) is 4.79 Å². The van der Waals surface area contributed by atoms with Crippen LogP contribution in [-0.4, -0.2) is 19.1 Å². The van der Waals surface area contributed by atoms with Gasteiger partial charge in [-0.3, -0.25) is 4.79 Å². The van der Waals surface area contributed by atoms with Gasteiger partial charge in [0.15, 0.2) is 17.6 Å². The Morgan fingerprint density at radius 2 is 2.04 bits per heavy atom. The zero-order valence-corrected chi connectivity index (χ0v) is 14.5. The van der Waals surface area contributed by atoms with E-state index in [4.69, 9.17) is 37.9 Å². The molecule has 0 spiro atoms. The van der Waals surface area contributed by atoms with Crippen LogP contribution in [0.4, 0.5) is 5.69 Å². The number of hydrogen-bond acceptors (Lipinski definition) is 4. The van der Waals surface area contributed by atoms with E-state index in [1.807, 2.05) is 6.07 Å². The van der Waals surface area contributed by atoms with Crippen molar-refractivity contribution in [3.8, 4) is 17.6 Å². The maximum absolute atomic E-state index is 12.2. The van der Waals surface area contributed by atoms with Gasteiger partial charge in [-0.1, -0.05) is 29.3 Å². The number of nitriles is 1. The second-order valence-electron chi connectivity index (χ2n) is 4.86. The van der Waals surface area contributed by atoms with E-state index in [1.165, 1.54) is 19.2 Å². The minimum absolute atomic E-state index is 0.188. The molecule has 1 atom stereocenters. The number of methoxy groups -OCH3 is 1. The maximum atomic E-state index is 12.2. The van der Waals surface area contributed by atoms with Crippen LogP contribution in [0.15, 0.2) is 36.4 Å². The molecule has 0 aromatic heterocycles. The number of ether oxygens (including phenoxy) is 2. The van der Waals surface area contributed by atoms with Crippen molar-refractivity contribution in [2.45, 2.75) is 13.0 Å². The lowest BCUT2D eigenvalue weighted by Crippen LogP contribution is -2.30. The van der Waals surface area contributed by atoms with Crippen LogP contribution in [0.2, 0.25) is 10.0 Å². The number of nitrogens with one attached hydrogen (secondary N) is 1. The third-order valence-electron chi connectivity index (χ3n) is 3.11. The Bertz CT molecular complexity index is 803. The minimum Gasteiger partial charge on any atom is -0.493 e. The molecule has 1 N–H and O–H groups in total. The van der Waals surface area contributed by atoms with Gasteiger partial charge in [-0.15, -0.1) is 0 Å². The first kappa shape index (κ1) is 17.9. The van der Waals surface area contributed by atoms with Gasteiger partial charge in [0.25, 0.3) is 5.91 Å². The third-order valence-corrected chi connectivity index (χ3v) is 3.63. The van der Waals surface area contributed by atoms with Crippen molar-refractivity contribution < 1.29 is 14.3 Å².